The number of rotatable bonds is 7. The second-order valence-electron chi connectivity index (χ2n) is 8.77. The van der Waals surface area contributed by atoms with Crippen molar-refractivity contribution in [2.45, 2.75) is 33.0 Å². The van der Waals surface area contributed by atoms with Crippen molar-refractivity contribution in [1.29, 1.82) is 0 Å². The van der Waals surface area contributed by atoms with Gasteiger partial charge in [0.05, 0.1) is 28.7 Å². The minimum Gasteiger partial charge on any atom is -0.382 e. The summed E-state index contributed by atoms with van der Waals surface area (Å²) in [6.45, 7) is 3.68. The summed E-state index contributed by atoms with van der Waals surface area (Å²) in [5.41, 5.74) is 2.93. The third-order valence-corrected chi connectivity index (χ3v) is 6.20. The number of carbonyl (C=O) groups excluding carboxylic acids is 1. The van der Waals surface area contributed by atoms with Crippen molar-refractivity contribution in [2.24, 2.45) is 7.05 Å². The van der Waals surface area contributed by atoms with Gasteiger partial charge < -0.3 is 19.5 Å². The third-order valence-electron chi connectivity index (χ3n) is 6.20. The van der Waals surface area contributed by atoms with E-state index in [1.807, 2.05) is 6.92 Å². The molecule has 36 heavy (non-hydrogen) atoms. The topological polar surface area (TPSA) is 103 Å². The van der Waals surface area contributed by atoms with Gasteiger partial charge in [0.25, 0.3) is 5.91 Å². The Balaban J connectivity index is 1.47. The number of anilines is 2. The average molecular weight is 494 g/mol. The second kappa shape index (κ2) is 9.50. The number of fused-ring (bicyclic) bond motifs is 1. The van der Waals surface area contributed by atoms with E-state index in [1.165, 1.54) is 11.0 Å². The van der Waals surface area contributed by atoms with Gasteiger partial charge in [-0.1, -0.05) is 12.1 Å². The second-order valence-corrected chi connectivity index (χ2v) is 8.77. The zero-order valence-corrected chi connectivity index (χ0v) is 20.1. The smallest absolute Gasteiger partial charge is 0.290 e. The van der Waals surface area contributed by atoms with Gasteiger partial charge in [-0.3, -0.25) is 9.48 Å². The molecule has 1 aromatic carbocycles. The monoisotopic (exact) mass is 493 g/mol. The number of aryl methyl sites for hydroxylation is 3. The van der Waals surface area contributed by atoms with Gasteiger partial charge in [-0.05, 0) is 36.6 Å². The summed E-state index contributed by atoms with van der Waals surface area (Å²) in [5.74, 6) is 0.493. The molecule has 1 amide bonds. The predicted molar refractivity (Wildman–Crippen MR) is 131 cm³/mol. The summed E-state index contributed by atoms with van der Waals surface area (Å²) in [7, 11) is -0.825. The lowest BCUT2D eigenvalue weighted by Crippen LogP contribution is -2.49. The standard InChI is InChI=1S/C25H27FN8O2/c1-15-9-17(5-6-19(15)26)11-34-18(14-36-4)12-33-13-20(29-23(33)24(34)35)22-16(2)10-27-25(31-22)30-21-7-8-28-32(21)3/h5-10,13,18H,11-12,14H2,1-4H3,(H,27,30,31)/t18-/m1/s1/i4D3. The van der Waals surface area contributed by atoms with Crippen molar-refractivity contribution >= 4 is 17.7 Å². The largest absolute Gasteiger partial charge is 0.382 e. The summed E-state index contributed by atoms with van der Waals surface area (Å²) in [4.78, 5) is 28.8. The first-order valence-electron chi connectivity index (χ1n) is 12.8. The molecule has 4 heterocycles. The van der Waals surface area contributed by atoms with E-state index in [-0.39, 0.29) is 31.3 Å². The molecule has 0 spiro atoms. The Hall–Kier alpha value is -4.12. The maximum Gasteiger partial charge on any atom is 0.290 e. The number of benzene rings is 1. The highest BCUT2D eigenvalue weighted by atomic mass is 19.1. The number of aromatic nitrogens is 6. The molecule has 0 radical (unpaired) electrons. The summed E-state index contributed by atoms with van der Waals surface area (Å²) >= 11 is 0. The van der Waals surface area contributed by atoms with Crippen molar-refractivity contribution < 1.29 is 18.0 Å². The highest BCUT2D eigenvalue weighted by Crippen LogP contribution is 2.27. The zero-order chi connectivity index (χ0) is 27.9. The molecule has 0 saturated heterocycles. The Morgan fingerprint density at radius 2 is 2.11 bits per heavy atom. The Kier molecular flexibility index (Phi) is 5.31. The van der Waals surface area contributed by atoms with Gasteiger partial charge in [0, 0.05) is 45.6 Å². The fraction of sp³-hybridized carbons (Fsp3) is 0.320. The van der Waals surface area contributed by atoms with Crippen LogP contribution in [0.15, 0.2) is 42.9 Å². The van der Waals surface area contributed by atoms with Crippen LogP contribution in [0.5, 0.6) is 0 Å². The van der Waals surface area contributed by atoms with Crippen molar-refractivity contribution in [3.8, 4) is 11.4 Å². The Morgan fingerprint density at radius 3 is 2.86 bits per heavy atom. The molecule has 1 N–H and O–H groups in total. The highest BCUT2D eigenvalue weighted by Gasteiger charge is 2.34. The van der Waals surface area contributed by atoms with E-state index in [4.69, 9.17) is 8.85 Å². The number of ether oxygens (including phenoxy) is 1. The van der Waals surface area contributed by atoms with Crippen LogP contribution in [0.2, 0.25) is 0 Å². The number of methoxy groups -OCH3 is 1. The van der Waals surface area contributed by atoms with Gasteiger partial charge in [0.1, 0.15) is 17.3 Å². The van der Waals surface area contributed by atoms with E-state index < -0.39 is 19.0 Å². The molecule has 1 aliphatic rings. The molecule has 0 bridgehead atoms. The van der Waals surface area contributed by atoms with Crippen LogP contribution in [-0.2, 0) is 24.9 Å². The SMILES string of the molecule is [2H]C([2H])([2H])OC[C@H]1Cn2cc(-c3nc(Nc4ccnn4C)ncc3C)nc2C(=O)N1Cc1ccc(F)c(C)c1. The summed E-state index contributed by atoms with van der Waals surface area (Å²) < 4.78 is 44.6. The molecule has 0 unspecified atom stereocenters. The summed E-state index contributed by atoms with van der Waals surface area (Å²) in [5, 5.41) is 7.24. The molecule has 0 aliphatic carbocycles. The molecular formula is C25H27FN8O2. The molecule has 1 atom stereocenters. The first-order valence-corrected chi connectivity index (χ1v) is 11.3. The van der Waals surface area contributed by atoms with Crippen LogP contribution in [0.3, 0.4) is 0 Å². The van der Waals surface area contributed by atoms with Crippen molar-refractivity contribution in [1.82, 2.24) is 34.2 Å². The van der Waals surface area contributed by atoms with Crippen molar-refractivity contribution in [3.63, 3.8) is 0 Å². The van der Waals surface area contributed by atoms with Crippen LogP contribution in [0.1, 0.15) is 31.4 Å². The van der Waals surface area contributed by atoms with Crippen LogP contribution in [0, 0.1) is 19.7 Å². The maximum atomic E-state index is 13.8. The number of amides is 1. The average Bonchev–Trinajstić information content (AvgIpc) is 3.49. The van der Waals surface area contributed by atoms with Gasteiger partial charge in [0.15, 0.2) is 5.82 Å². The van der Waals surface area contributed by atoms with E-state index >= 15 is 0 Å². The molecule has 3 aromatic heterocycles. The molecule has 0 fully saturated rings. The predicted octanol–water partition coefficient (Wildman–Crippen LogP) is 3.24. The number of nitrogens with one attached hydrogen (secondary N) is 1. The van der Waals surface area contributed by atoms with E-state index in [0.29, 0.717) is 34.3 Å². The molecule has 186 valence electrons. The minimum atomic E-state index is -2.61. The first kappa shape index (κ1) is 20.1. The molecular weight excluding hydrogens is 463 g/mol. The quantitative estimate of drug-likeness (QED) is 0.422. The molecule has 10 nitrogen and oxygen atoms in total. The molecule has 11 heteroatoms. The van der Waals surface area contributed by atoms with Crippen molar-refractivity contribution in [3.05, 3.63) is 71.2 Å². The van der Waals surface area contributed by atoms with E-state index in [2.05, 4.69) is 25.4 Å². The van der Waals surface area contributed by atoms with Crippen LogP contribution < -0.4 is 5.32 Å². The van der Waals surface area contributed by atoms with Crippen molar-refractivity contribution in [2.75, 3.05) is 19.0 Å². The normalized spacial score (nSPS) is 16.9. The van der Waals surface area contributed by atoms with E-state index in [1.54, 1.807) is 60.0 Å². The van der Waals surface area contributed by atoms with Gasteiger partial charge in [-0.15, -0.1) is 0 Å². The minimum absolute atomic E-state index is 0.141. The summed E-state index contributed by atoms with van der Waals surface area (Å²) in [6.07, 6.45) is 5.04. The van der Waals surface area contributed by atoms with E-state index in [9.17, 15) is 9.18 Å². The highest BCUT2D eigenvalue weighted by molar-refractivity contribution is 5.92. The fourth-order valence-electron chi connectivity index (χ4n) is 4.27. The lowest BCUT2D eigenvalue weighted by atomic mass is 10.1. The first-order chi connectivity index (χ1) is 18.5. The van der Waals surface area contributed by atoms with Gasteiger partial charge in [0.2, 0.25) is 5.95 Å². The van der Waals surface area contributed by atoms with Gasteiger partial charge in [-0.2, -0.15) is 5.10 Å². The van der Waals surface area contributed by atoms with Gasteiger partial charge >= 0.3 is 0 Å². The van der Waals surface area contributed by atoms with E-state index in [0.717, 1.165) is 5.56 Å². The Bertz CT molecular complexity index is 1530. The third kappa shape index (κ3) is 4.44. The van der Waals surface area contributed by atoms with Crippen LogP contribution >= 0.6 is 0 Å². The Labute approximate surface area is 212 Å². The number of halogens is 1. The Morgan fingerprint density at radius 1 is 1.25 bits per heavy atom. The van der Waals surface area contributed by atoms with Gasteiger partial charge in [-0.25, -0.2) is 19.3 Å². The molecule has 0 saturated carbocycles. The number of hydrogen-bond acceptors (Lipinski definition) is 7. The molecule has 5 rings (SSSR count). The van der Waals surface area contributed by atoms with Crippen LogP contribution in [-0.4, -0.2) is 59.8 Å². The number of hydrogen-bond donors (Lipinski definition) is 1. The van der Waals surface area contributed by atoms with Crippen LogP contribution in [0.25, 0.3) is 11.4 Å². The molecule has 1 aliphatic heterocycles. The number of imidazole rings is 1. The number of nitrogens with zero attached hydrogens (tertiary/aromatic N) is 7. The van der Waals surface area contributed by atoms with Crippen LogP contribution in [0.4, 0.5) is 16.2 Å². The fourth-order valence-corrected chi connectivity index (χ4v) is 4.27. The lowest BCUT2D eigenvalue weighted by Gasteiger charge is -2.35. The number of carbonyl (C=O) groups is 1. The summed E-state index contributed by atoms with van der Waals surface area (Å²) in [6, 6.07) is 5.81. The molecule has 4 aromatic rings. The lowest BCUT2D eigenvalue weighted by molar-refractivity contribution is 0.0380. The maximum absolute atomic E-state index is 13.8. The zero-order valence-electron chi connectivity index (χ0n) is 23.1.